The van der Waals surface area contributed by atoms with Gasteiger partial charge in [0.1, 0.15) is 0 Å². The van der Waals surface area contributed by atoms with Crippen molar-refractivity contribution < 1.29 is 8.42 Å². The summed E-state index contributed by atoms with van der Waals surface area (Å²) in [4.78, 5) is 0. The minimum Gasteiger partial charge on any atom is -0.385 e. The van der Waals surface area contributed by atoms with E-state index in [0.29, 0.717) is 19.5 Å². The van der Waals surface area contributed by atoms with Crippen LogP contribution < -0.4 is 14.8 Å². The first-order chi connectivity index (χ1) is 9.62. The van der Waals surface area contributed by atoms with Gasteiger partial charge >= 0.3 is 0 Å². The van der Waals surface area contributed by atoms with Gasteiger partial charge in [0, 0.05) is 25.3 Å². The molecule has 5 nitrogen and oxygen atoms in total. The van der Waals surface area contributed by atoms with E-state index in [1.54, 1.807) is 0 Å². The second kappa shape index (κ2) is 7.06. The molecule has 3 N–H and O–H groups in total. The number of rotatable bonds is 7. The number of hydrogen-bond donors (Lipinski definition) is 3. The molecule has 0 fully saturated rings. The number of anilines is 1. The molecule has 1 aromatic rings. The van der Waals surface area contributed by atoms with Crippen LogP contribution in [0, 0.1) is 0 Å². The predicted octanol–water partition coefficient (Wildman–Crippen LogP) is 1.42. The summed E-state index contributed by atoms with van der Waals surface area (Å²) >= 11 is 0. The van der Waals surface area contributed by atoms with E-state index >= 15 is 0 Å². The molecule has 0 saturated carbocycles. The molecular formula is C14H23N3O2S. The smallest absolute Gasteiger partial charge is 0.276 e. The van der Waals surface area contributed by atoms with Crippen LogP contribution in [0.25, 0.3) is 0 Å². The number of benzene rings is 1. The molecule has 0 spiro atoms. The highest BCUT2D eigenvalue weighted by Crippen LogP contribution is 2.26. The number of nitrogens with one attached hydrogen (secondary N) is 3. The Morgan fingerprint density at radius 1 is 1.25 bits per heavy atom. The summed E-state index contributed by atoms with van der Waals surface area (Å²) < 4.78 is 28.3. The van der Waals surface area contributed by atoms with E-state index in [0.717, 1.165) is 25.8 Å². The first-order valence-corrected chi connectivity index (χ1v) is 8.69. The average molecular weight is 297 g/mol. The van der Waals surface area contributed by atoms with E-state index in [1.165, 1.54) is 16.8 Å². The monoisotopic (exact) mass is 297 g/mol. The fourth-order valence-corrected chi connectivity index (χ4v) is 3.34. The van der Waals surface area contributed by atoms with Gasteiger partial charge < -0.3 is 5.32 Å². The van der Waals surface area contributed by atoms with E-state index in [9.17, 15) is 8.42 Å². The molecular weight excluding hydrogens is 274 g/mol. The van der Waals surface area contributed by atoms with Gasteiger partial charge in [0.15, 0.2) is 0 Å². The first kappa shape index (κ1) is 15.3. The van der Waals surface area contributed by atoms with E-state index in [4.69, 9.17) is 0 Å². The Bertz CT molecular complexity index is 543. The Morgan fingerprint density at radius 2 is 2.05 bits per heavy atom. The predicted molar refractivity (Wildman–Crippen MR) is 82.2 cm³/mol. The van der Waals surface area contributed by atoms with Crippen LogP contribution in [0.4, 0.5) is 5.69 Å². The molecule has 1 heterocycles. The molecule has 1 aromatic carbocycles. The first-order valence-electron chi connectivity index (χ1n) is 7.21. The lowest BCUT2D eigenvalue weighted by atomic mass is 9.98. The van der Waals surface area contributed by atoms with Gasteiger partial charge in [0.2, 0.25) is 0 Å². The lowest BCUT2D eigenvalue weighted by molar-refractivity contribution is 0.566. The SMILES string of the molecule is CCCNS(=O)(=O)NCCc1cccc2c1NCCC2. The molecule has 0 atom stereocenters. The van der Waals surface area contributed by atoms with Gasteiger partial charge in [0.05, 0.1) is 0 Å². The van der Waals surface area contributed by atoms with Gasteiger partial charge in [-0.05, 0) is 36.8 Å². The van der Waals surface area contributed by atoms with Gasteiger partial charge in [-0.1, -0.05) is 25.1 Å². The summed E-state index contributed by atoms with van der Waals surface area (Å²) in [5, 5.41) is 3.42. The maximum Gasteiger partial charge on any atom is 0.276 e. The highest BCUT2D eigenvalue weighted by molar-refractivity contribution is 7.87. The minimum atomic E-state index is -3.36. The highest BCUT2D eigenvalue weighted by atomic mass is 32.2. The molecule has 0 saturated heterocycles. The zero-order chi connectivity index (χ0) is 14.4. The Kier molecular flexibility index (Phi) is 5.39. The fraction of sp³-hybridized carbons (Fsp3) is 0.571. The van der Waals surface area contributed by atoms with Crippen LogP contribution in [0.2, 0.25) is 0 Å². The second-order valence-electron chi connectivity index (χ2n) is 5.02. The molecule has 0 unspecified atom stereocenters. The fourth-order valence-electron chi connectivity index (χ4n) is 2.40. The van der Waals surface area contributed by atoms with Crippen LogP contribution in [0.1, 0.15) is 30.9 Å². The summed E-state index contributed by atoms with van der Waals surface area (Å²) in [7, 11) is -3.36. The molecule has 20 heavy (non-hydrogen) atoms. The molecule has 0 aromatic heterocycles. The zero-order valence-corrected chi connectivity index (χ0v) is 12.7. The van der Waals surface area contributed by atoms with E-state index in [2.05, 4.69) is 26.9 Å². The summed E-state index contributed by atoms with van der Waals surface area (Å²) in [6.45, 7) is 3.81. The zero-order valence-electron chi connectivity index (χ0n) is 11.9. The number of para-hydroxylation sites is 1. The van der Waals surface area contributed by atoms with Crippen molar-refractivity contribution in [1.82, 2.24) is 9.44 Å². The van der Waals surface area contributed by atoms with Crippen LogP contribution >= 0.6 is 0 Å². The second-order valence-corrected chi connectivity index (χ2v) is 6.61. The van der Waals surface area contributed by atoms with Crippen molar-refractivity contribution in [3.05, 3.63) is 29.3 Å². The molecule has 0 amide bonds. The van der Waals surface area contributed by atoms with E-state index < -0.39 is 10.2 Å². The van der Waals surface area contributed by atoms with Gasteiger partial charge in [0.25, 0.3) is 10.2 Å². The highest BCUT2D eigenvalue weighted by Gasteiger charge is 2.13. The Hall–Kier alpha value is -1.11. The van der Waals surface area contributed by atoms with Gasteiger partial charge in [-0.2, -0.15) is 8.42 Å². The van der Waals surface area contributed by atoms with Crippen molar-refractivity contribution in [2.75, 3.05) is 25.0 Å². The average Bonchev–Trinajstić information content (AvgIpc) is 2.45. The third-order valence-corrected chi connectivity index (χ3v) is 4.56. The molecule has 1 aliphatic heterocycles. The minimum absolute atomic E-state index is 0.414. The number of hydrogen-bond acceptors (Lipinski definition) is 3. The van der Waals surface area contributed by atoms with Crippen LogP contribution in [-0.2, 0) is 23.1 Å². The molecule has 0 radical (unpaired) electrons. The largest absolute Gasteiger partial charge is 0.385 e. The molecule has 0 bridgehead atoms. The van der Waals surface area contributed by atoms with Crippen molar-refractivity contribution in [3.63, 3.8) is 0 Å². The quantitative estimate of drug-likeness (QED) is 0.713. The summed E-state index contributed by atoms with van der Waals surface area (Å²) in [5.74, 6) is 0. The van der Waals surface area contributed by atoms with Crippen molar-refractivity contribution in [2.45, 2.75) is 32.6 Å². The molecule has 6 heteroatoms. The van der Waals surface area contributed by atoms with Gasteiger partial charge in [-0.15, -0.1) is 0 Å². The van der Waals surface area contributed by atoms with Crippen molar-refractivity contribution in [3.8, 4) is 0 Å². The third-order valence-electron chi connectivity index (χ3n) is 3.39. The summed E-state index contributed by atoms with van der Waals surface area (Å²) in [5.41, 5.74) is 3.71. The van der Waals surface area contributed by atoms with Gasteiger partial charge in [-0.3, -0.25) is 0 Å². The lowest BCUT2D eigenvalue weighted by Gasteiger charge is -2.21. The molecule has 2 rings (SSSR count). The third kappa shape index (κ3) is 4.19. The maximum atomic E-state index is 11.6. The normalized spacial score (nSPS) is 14.7. The van der Waals surface area contributed by atoms with E-state index in [-0.39, 0.29) is 0 Å². The van der Waals surface area contributed by atoms with Crippen LogP contribution in [0.5, 0.6) is 0 Å². The topological polar surface area (TPSA) is 70.2 Å². The van der Waals surface area contributed by atoms with Crippen LogP contribution in [0.15, 0.2) is 18.2 Å². The molecule has 0 aliphatic carbocycles. The van der Waals surface area contributed by atoms with Crippen molar-refractivity contribution in [1.29, 1.82) is 0 Å². The Labute approximate surface area is 121 Å². The number of fused-ring (bicyclic) bond motifs is 1. The van der Waals surface area contributed by atoms with Crippen molar-refractivity contribution in [2.24, 2.45) is 0 Å². The maximum absolute atomic E-state index is 11.6. The van der Waals surface area contributed by atoms with Gasteiger partial charge in [-0.25, -0.2) is 9.44 Å². The molecule has 112 valence electrons. The molecule has 1 aliphatic rings. The Morgan fingerprint density at radius 3 is 2.85 bits per heavy atom. The van der Waals surface area contributed by atoms with E-state index in [1.807, 2.05) is 13.0 Å². The Balaban J connectivity index is 1.92. The lowest BCUT2D eigenvalue weighted by Crippen LogP contribution is -2.38. The number of aryl methyl sites for hydroxylation is 1. The van der Waals surface area contributed by atoms with Crippen LogP contribution in [0.3, 0.4) is 0 Å². The standard InChI is InChI=1S/C14H23N3O2S/c1-2-9-16-20(18,19)17-11-8-13-6-3-5-12-7-4-10-15-14(12)13/h3,5-6,15-17H,2,4,7-11H2,1H3. The summed E-state index contributed by atoms with van der Waals surface area (Å²) in [6, 6.07) is 6.24. The van der Waals surface area contributed by atoms with Crippen molar-refractivity contribution >= 4 is 15.9 Å². The van der Waals surface area contributed by atoms with Crippen LogP contribution in [-0.4, -0.2) is 28.1 Å². The summed E-state index contributed by atoms with van der Waals surface area (Å²) in [6.07, 6.45) is 3.74.